The number of ether oxygens (including phenoxy) is 1. The molecule has 0 aromatic carbocycles. The first-order chi connectivity index (χ1) is 6.59. The zero-order valence-corrected chi connectivity index (χ0v) is 9.51. The van der Waals surface area contributed by atoms with Gasteiger partial charge in [-0.15, -0.1) is 10.2 Å². The minimum absolute atomic E-state index is 0.0361. The van der Waals surface area contributed by atoms with Gasteiger partial charge in [0.2, 0.25) is 10.4 Å². The van der Waals surface area contributed by atoms with Crippen molar-refractivity contribution in [2.24, 2.45) is 5.92 Å². The summed E-state index contributed by atoms with van der Waals surface area (Å²) >= 11 is 11.2. The van der Waals surface area contributed by atoms with E-state index in [-0.39, 0.29) is 16.3 Å². The summed E-state index contributed by atoms with van der Waals surface area (Å²) < 4.78 is 5.30. The van der Waals surface area contributed by atoms with Gasteiger partial charge in [-0.1, -0.05) is 25.4 Å². The van der Waals surface area contributed by atoms with Crippen LogP contribution in [-0.2, 0) is 0 Å². The highest BCUT2D eigenvalue weighted by molar-refractivity contribution is 6.31. The molecule has 1 heterocycles. The van der Waals surface area contributed by atoms with Crippen molar-refractivity contribution in [3.63, 3.8) is 0 Å². The Morgan fingerprint density at radius 3 is 2.64 bits per heavy atom. The predicted octanol–water partition coefficient (Wildman–Crippen LogP) is 2.60. The first-order valence-electron chi connectivity index (χ1n) is 4.28. The highest BCUT2D eigenvalue weighted by Gasteiger charge is 2.07. The Kier molecular flexibility index (Phi) is 4.35. The van der Waals surface area contributed by atoms with E-state index in [1.807, 2.05) is 0 Å². The largest absolute Gasteiger partial charge is 0.475 e. The van der Waals surface area contributed by atoms with Crippen molar-refractivity contribution in [2.45, 2.75) is 20.3 Å². The Morgan fingerprint density at radius 2 is 2.00 bits per heavy atom. The van der Waals surface area contributed by atoms with Gasteiger partial charge in [0.15, 0.2) is 0 Å². The predicted molar refractivity (Wildman–Crippen MR) is 54.8 cm³/mol. The van der Waals surface area contributed by atoms with Crippen LogP contribution in [-0.4, -0.2) is 21.8 Å². The molecule has 0 bridgehead atoms. The normalized spacial score (nSPS) is 10.6. The molecular formula is C8H11Cl2N3O. The number of halogens is 2. The number of hydrogen-bond acceptors (Lipinski definition) is 4. The third kappa shape index (κ3) is 3.64. The minimum Gasteiger partial charge on any atom is -0.475 e. The van der Waals surface area contributed by atoms with Gasteiger partial charge >= 0.3 is 0 Å². The van der Waals surface area contributed by atoms with Gasteiger partial charge in [-0.3, -0.25) is 0 Å². The third-order valence-electron chi connectivity index (χ3n) is 1.52. The van der Waals surface area contributed by atoms with E-state index >= 15 is 0 Å². The molecule has 0 aliphatic rings. The summed E-state index contributed by atoms with van der Waals surface area (Å²) in [5.41, 5.74) is 0. The van der Waals surface area contributed by atoms with Crippen LogP contribution in [0.3, 0.4) is 0 Å². The van der Waals surface area contributed by atoms with Crippen LogP contribution in [0.25, 0.3) is 0 Å². The average molecular weight is 236 g/mol. The fourth-order valence-electron chi connectivity index (χ4n) is 0.763. The molecule has 0 unspecified atom stereocenters. The quantitative estimate of drug-likeness (QED) is 0.806. The molecule has 78 valence electrons. The Balaban J connectivity index is 2.53. The van der Waals surface area contributed by atoms with Gasteiger partial charge in [-0.05, 0) is 23.9 Å². The highest BCUT2D eigenvalue weighted by Crippen LogP contribution is 2.19. The van der Waals surface area contributed by atoms with Gasteiger partial charge in [-0.25, -0.2) is 0 Å². The van der Waals surface area contributed by atoms with E-state index in [1.165, 1.54) is 0 Å². The summed E-state index contributed by atoms with van der Waals surface area (Å²) in [6.45, 7) is 4.76. The van der Waals surface area contributed by atoms with Gasteiger partial charge in [0, 0.05) is 0 Å². The molecule has 0 radical (unpaired) electrons. The van der Waals surface area contributed by atoms with E-state index in [2.05, 4.69) is 29.0 Å². The lowest BCUT2D eigenvalue weighted by molar-refractivity contribution is 0.277. The molecule has 0 saturated carbocycles. The molecule has 0 atom stereocenters. The van der Waals surface area contributed by atoms with E-state index in [0.29, 0.717) is 12.5 Å². The molecule has 6 heteroatoms. The molecule has 0 N–H and O–H groups in total. The summed E-state index contributed by atoms with van der Waals surface area (Å²) in [7, 11) is 0. The maximum absolute atomic E-state index is 5.69. The fourth-order valence-corrected chi connectivity index (χ4v) is 1.01. The van der Waals surface area contributed by atoms with Crippen molar-refractivity contribution in [3.8, 4) is 5.88 Å². The second-order valence-electron chi connectivity index (χ2n) is 3.21. The van der Waals surface area contributed by atoms with Crippen LogP contribution in [0.15, 0.2) is 0 Å². The van der Waals surface area contributed by atoms with E-state index in [0.717, 1.165) is 6.42 Å². The molecule has 0 amide bonds. The summed E-state index contributed by atoms with van der Waals surface area (Å²) in [5.74, 6) is 0.811. The zero-order chi connectivity index (χ0) is 10.6. The van der Waals surface area contributed by atoms with E-state index in [9.17, 15) is 0 Å². The van der Waals surface area contributed by atoms with E-state index in [1.54, 1.807) is 0 Å². The van der Waals surface area contributed by atoms with E-state index < -0.39 is 0 Å². The molecular weight excluding hydrogens is 225 g/mol. The average Bonchev–Trinajstić information content (AvgIpc) is 2.10. The first-order valence-corrected chi connectivity index (χ1v) is 5.03. The van der Waals surface area contributed by atoms with E-state index in [4.69, 9.17) is 27.9 Å². The maximum Gasteiger partial charge on any atom is 0.256 e. The zero-order valence-electron chi connectivity index (χ0n) is 8.00. The topological polar surface area (TPSA) is 47.9 Å². The second kappa shape index (κ2) is 5.32. The van der Waals surface area contributed by atoms with Crippen molar-refractivity contribution in [3.05, 3.63) is 10.4 Å². The number of hydrogen-bond donors (Lipinski definition) is 0. The molecule has 0 spiro atoms. The van der Waals surface area contributed by atoms with Crippen molar-refractivity contribution in [2.75, 3.05) is 6.61 Å². The monoisotopic (exact) mass is 235 g/mol. The lowest BCUT2D eigenvalue weighted by Gasteiger charge is -2.07. The van der Waals surface area contributed by atoms with Gasteiger partial charge < -0.3 is 4.74 Å². The van der Waals surface area contributed by atoms with Crippen LogP contribution in [0.4, 0.5) is 0 Å². The second-order valence-corrected chi connectivity index (χ2v) is 3.90. The standard InChI is InChI=1S/C8H11Cl2N3O/c1-5(2)3-4-14-7-6(9)12-13-8(10)11-7/h5H,3-4H2,1-2H3. The lowest BCUT2D eigenvalue weighted by atomic mass is 10.1. The minimum atomic E-state index is 0.0361. The number of nitrogens with zero attached hydrogens (tertiary/aromatic N) is 3. The van der Waals surface area contributed by atoms with Gasteiger partial charge in [0.25, 0.3) is 5.88 Å². The SMILES string of the molecule is CC(C)CCOc1nc(Cl)nnc1Cl. The van der Waals surface area contributed by atoms with Crippen LogP contribution in [0.5, 0.6) is 5.88 Å². The molecule has 0 saturated heterocycles. The summed E-state index contributed by atoms with van der Waals surface area (Å²) in [5, 5.41) is 7.22. The Morgan fingerprint density at radius 1 is 1.29 bits per heavy atom. The fraction of sp³-hybridized carbons (Fsp3) is 0.625. The lowest BCUT2D eigenvalue weighted by Crippen LogP contribution is -2.04. The number of aromatic nitrogens is 3. The molecule has 1 aromatic rings. The van der Waals surface area contributed by atoms with Crippen molar-refractivity contribution in [1.29, 1.82) is 0 Å². The van der Waals surface area contributed by atoms with Crippen LogP contribution >= 0.6 is 23.2 Å². The Hall–Kier alpha value is -0.610. The first kappa shape index (κ1) is 11.5. The molecule has 0 fully saturated rings. The van der Waals surface area contributed by atoms with Gasteiger partial charge in [0.1, 0.15) is 0 Å². The van der Waals surface area contributed by atoms with Gasteiger partial charge in [-0.2, -0.15) is 4.98 Å². The molecule has 4 nitrogen and oxygen atoms in total. The summed E-state index contributed by atoms with van der Waals surface area (Å²) in [4.78, 5) is 3.81. The van der Waals surface area contributed by atoms with Gasteiger partial charge in [0.05, 0.1) is 6.61 Å². The molecule has 14 heavy (non-hydrogen) atoms. The maximum atomic E-state index is 5.69. The number of rotatable bonds is 4. The van der Waals surface area contributed by atoms with Crippen LogP contribution in [0.1, 0.15) is 20.3 Å². The van der Waals surface area contributed by atoms with Crippen molar-refractivity contribution < 1.29 is 4.74 Å². The highest BCUT2D eigenvalue weighted by atomic mass is 35.5. The molecule has 1 aromatic heterocycles. The third-order valence-corrected chi connectivity index (χ3v) is 1.92. The molecule has 1 rings (SSSR count). The van der Waals surface area contributed by atoms with Crippen molar-refractivity contribution >= 4 is 23.2 Å². The summed E-state index contributed by atoms with van der Waals surface area (Å²) in [6, 6.07) is 0. The van der Waals surface area contributed by atoms with Crippen LogP contribution in [0.2, 0.25) is 10.4 Å². The smallest absolute Gasteiger partial charge is 0.256 e. The molecule has 0 aliphatic carbocycles. The Labute approximate surface area is 92.6 Å². The Bertz CT molecular complexity index is 307. The van der Waals surface area contributed by atoms with Crippen LogP contribution < -0.4 is 4.74 Å². The van der Waals surface area contributed by atoms with Crippen molar-refractivity contribution in [1.82, 2.24) is 15.2 Å². The molecule has 0 aliphatic heterocycles. The summed E-state index contributed by atoms with van der Waals surface area (Å²) in [6.07, 6.45) is 0.929. The van der Waals surface area contributed by atoms with Crippen LogP contribution in [0, 0.1) is 5.92 Å².